The largest absolute Gasteiger partial charge is 0.339 e. The van der Waals surface area contributed by atoms with Crippen LogP contribution in [0.15, 0.2) is 35.4 Å². The minimum absolute atomic E-state index is 0.315. The van der Waals surface area contributed by atoms with Gasteiger partial charge in [-0.3, -0.25) is 0 Å². The van der Waals surface area contributed by atoms with E-state index in [0.717, 1.165) is 24.2 Å². The first-order valence-corrected chi connectivity index (χ1v) is 6.23. The van der Waals surface area contributed by atoms with E-state index in [0.29, 0.717) is 5.92 Å². The molecule has 0 saturated carbocycles. The van der Waals surface area contributed by atoms with Crippen molar-refractivity contribution in [2.75, 3.05) is 5.32 Å². The highest BCUT2D eigenvalue weighted by molar-refractivity contribution is 5.90. The normalized spacial score (nSPS) is 11.4. The van der Waals surface area contributed by atoms with Crippen molar-refractivity contribution in [2.24, 2.45) is 11.0 Å². The molecule has 0 aromatic heterocycles. The van der Waals surface area contributed by atoms with Crippen LogP contribution < -0.4 is 10.7 Å². The van der Waals surface area contributed by atoms with Crippen molar-refractivity contribution in [1.29, 1.82) is 0 Å². The van der Waals surface area contributed by atoms with Gasteiger partial charge in [0.25, 0.3) is 0 Å². The van der Waals surface area contributed by atoms with Crippen molar-refractivity contribution in [1.82, 2.24) is 5.43 Å². The van der Waals surface area contributed by atoms with Crippen LogP contribution in [0.4, 0.5) is 10.5 Å². The molecule has 0 bridgehead atoms. The number of urea groups is 1. The summed E-state index contributed by atoms with van der Waals surface area (Å²) in [6, 6.07) is 8.98. The van der Waals surface area contributed by atoms with E-state index in [2.05, 4.69) is 29.7 Å². The van der Waals surface area contributed by atoms with Gasteiger partial charge in [0.1, 0.15) is 0 Å². The molecule has 4 heteroatoms. The summed E-state index contributed by atoms with van der Waals surface area (Å²) >= 11 is 0. The van der Waals surface area contributed by atoms with Gasteiger partial charge >= 0.3 is 6.03 Å². The standard InChI is InChI=1S/C14H21N3O/c1-11(2)9-10-12(3)16-17-14(18)15-13-7-5-4-6-8-13/h4-8,11H,9-10H2,1-3H3,(H2,15,17,18)/b16-12-. The molecule has 98 valence electrons. The summed E-state index contributed by atoms with van der Waals surface area (Å²) in [5, 5.41) is 6.75. The van der Waals surface area contributed by atoms with E-state index < -0.39 is 0 Å². The van der Waals surface area contributed by atoms with E-state index in [1.165, 1.54) is 0 Å². The second kappa shape index (κ2) is 7.48. The zero-order valence-corrected chi connectivity index (χ0v) is 11.2. The molecule has 1 aromatic carbocycles. The first kappa shape index (κ1) is 14.2. The van der Waals surface area contributed by atoms with Gasteiger partial charge in [-0.05, 0) is 37.8 Å². The smallest absolute Gasteiger partial charge is 0.307 e. The second-order valence-corrected chi connectivity index (χ2v) is 4.71. The van der Waals surface area contributed by atoms with Crippen LogP contribution in [0.1, 0.15) is 33.6 Å². The average Bonchev–Trinajstić information content (AvgIpc) is 2.35. The maximum atomic E-state index is 11.5. The zero-order valence-electron chi connectivity index (χ0n) is 11.2. The number of hydrogen-bond acceptors (Lipinski definition) is 2. The summed E-state index contributed by atoms with van der Waals surface area (Å²) in [5.74, 6) is 0.647. The Morgan fingerprint density at radius 1 is 1.28 bits per heavy atom. The van der Waals surface area contributed by atoms with Gasteiger partial charge < -0.3 is 5.32 Å². The maximum absolute atomic E-state index is 11.5. The number of hydrazone groups is 1. The Kier molecular flexibility index (Phi) is 5.91. The number of para-hydroxylation sites is 1. The van der Waals surface area contributed by atoms with E-state index in [1.54, 1.807) is 0 Å². The van der Waals surface area contributed by atoms with Crippen LogP contribution in [0.2, 0.25) is 0 Å². The Hall–Kier alpha value is -1.84. The summed E-state index contributed by atoms with van der Waals surface area (Å²) < 4.78 is 0. The minimum atomic E-state index is -0.315. The monoisotopic (exact) mass is 247 g/mol. The zero-order chi connectivity index (χ0) is 13.4. The molecule has 1 aromatic rings. The van der Waals surface area contributed by atoms with Gasteiger partial charge in [0, 0.05) is 11.4 Å². The Labute approximate surface area is 108 Å². The molecule has 0 spiro atoms. The molecule has 0 saturated heterocycles. The molecule has 4 nitrogen and oxygen atoms in total. The van der Waals surface area contributed by atoms with E-state index in [-0.39, 0.29) is 6.03 Å². The molecule has 0 aliphatic carbocycles. The molecule has 0 aliphatic rings. The third-order valence-electron chi connectivity index (χ3n) is 2.46. The first-order valence-electron chi connectivity index (χ1n) is 6.23. The number of benzene rings is 1. The molecule has 0 radical (unpaired) electrons. The van der Waals surface area contributed by atoms with Crippen molar-refractivity contribution < 1.29 is 4.79 Å². The highest BCUT2D eigenvalue weighted by Crippen LogP contribution is 2.05. The summed E-state index contributed by atoms with van der Waals surface area (Å²) in [4.78, 5) is 11.5. The molecule has 0 aliphatic heterocycles. The van der Waals surface area contributed by atoms with Gasteiger partial charge in [0.05, 0.1) is 0 Å². The molecule has 0 heterocycles. The third-order valence-corrected chi connectivity index (χ3v) is 2.46. The topological polar surface area (TPSA) is 53.5 Å². The van der Waals surface area contributed by atoms with Gasteiger partial charge in [-0.1, -0.05) is 32.0 Å². The molecule has 0 fully saturated rings. The summed E-state index contributed by atoms with van der Waals surface area (Å²) in [6.45, 7) is 6.26. The fourth-order valence-electron chi connectivity index (χ4n) is 1.38. The number of nitrogens with zero attached hydrogens (tertiary/aromatic N) is 1. The first-order chi connectivity index (χ1) is 8.58. The number of anilines is 1. The van der Waals surface area contributed by atoms with Gasteiger partial charge in [-0.15, -0.1) is 0 Å². The van der Waals surface area contributed by atoms with Crippen LogP contribution in [0.25, 0.3) is 0 Å². The van der Waals surface area contributed by atoms with Crippen molar-refractivity contribution in [3.05, 3.63) is 30.3 Å². The molecular formula is C14H21N3O. The van der Waals surface area contributed by atoms with Gasteiger partial charge in [-0.25, -0.2) is 10.2 Å². The lowest BCUT2D eigenvalue weighted by Gasteiger charge is -2.06. The van der Waals surface area contributed by atoms with E-state index in [9.17, 15) is 4.79 Å². The predicted molar refractivity (Wildman–Crippen MR) is 75.8 cm³/mol. The number of rotatable bonds is 5. The van der Waals surface area contributed by atoms with Crippen LogP contribution >= 0.6 is 0 Å². The SMILES string of the molecule is C/C(CCC(C)C)=N/NC(=O)Nc1ccccc1. The lowest BCUT2D eigenvalue weighted by molar-refractivity contribution is 0.252. The maximum Gasteiger partial charge on any atom is 0.339 e. The molecule has 0 unspecified atom stereocenters. The van der Waals surface area contributed by atoms with E-state index in [1.807, 2.05) is 37.3 Å². The van der Waals surface area contributed by atoms with Crippen LogP contribution in [0.5, 0.6) is 0 Å². The Morgan fingerprint density at radius 2 is 1.94 bits per heavy atom. The molecule has 18 heavy (non-hydrogen) atoms. The minimum Gasteiger partial charge on any atom is -0.307 e. The average molecular weight is 247 g/mol. The van der Waals surface area contributed by atoms with Crippen molar-refractivity contribution in [3.63, 3.8) is 0 Å². The molecule has 2 amide bonds. The van der Waals surface area contributed by atoms with Crippen LogP contribution in [-0.4, -0.2) is 11.7 Å². The van der Waals surface area contributed by atoms with Crippen molar-refractivity contribution in [2.45, 2.75) is 33.6 Å². The fraction of sp³-hybridized carbons (Fsp3) is 0.429. The number of nitrogens with one attached hydrogen (secondary N) is 2. The molecular weight excluding hydrogens is 226 g/mol. The van der Waals surface area contributed by atoms with Gasteiger partial charge in [0.2, 0.25) is 0 Å². The highest BCUT2D eigenvalue weighted by atomic mass is 16.2. The Balaban J connectivity index is 2.34. The predicted octanol–water partition coefficient (Wildman–Crippen LogP) is 3.62. The van der Waals surface area contributed by atoms with Crippen molar-refractivity contribution in [3.8, 4) is 0 Å². The van der Waals surface area contributed by atoms with Crippen LogP contribution in [0, 0.1) is 5.92 Å². The number of hydrogen-bond donors (Lipinski definition) is 2. The molecule has 2 N–H and O–H groups in total. The van der Waals surface area contributed by atoms with Gasteiger partial charge in [-0.2, -0.15) is 5.10 Å². The van der Waals surface area contributed by atoms with Crippen LogP contribution in [-0.2, 0) is 0 Å². The quantitative estimate of drug-likeness (QED) is 0.606. The summed E-state index contributed by atoms with van der Waals surface area (Å²) in [6.07, 6.45) is 1.99. The Bertz CT molecular complexity index is 399. The summed E-state index contributed by atoms with van der Waals surface area (Å²) in [5.41, 5.74) is 4.18. The van der Waals surface area contributed by atoms with Gasteiger partial charge in [0.15, 0.2) is 0 Å². The Morgan fingerprint density at radius 3 is 2.56 bits per heavy atom. The third kappa shape index (κ3) is 6.03. The number of amides is 2. The highest BCUT2D eigenvalue weighted by Gasteiger charge is 2.00. The van der Waals surface area contributed by atoms with Crippen LogP contribution in [0.3, 0.4) is 0 Å². The molecule has 1 rings (SSSR count). The summed E-state index contributed by atoms with van der Waals surface area (Å²) in [7, 11) is 0. The lowest BCUT2D eigenvalue weighted by atomic mass is 10.1. The van der Waals surface area contributed by atoms with E-state index >= 15 is 0 Å². The number of carbonyl (C=O) groups excluding carboxylic acids is 1. The fourth-order valence-corrected chi connectivity index (χ4v) is 1.38. The number of carbonyl (C=O) groups is 1. The second-order valence-electron chi connectivity index (χ2n) is 4.71. The molecule has 0 atom stereocenters. The lowest BCUT2D eigenvalue weighted by Crippen LogP contribution is -2.25. The van der Waals surface area contributed by atoms with Crippen molar-refractivity contribution >= 4 is 17.4 Å². The van der Waals surface area contributed by atoms with E-state index in [4.69, 9.17) is 0 Å².